The van der Waals surface area contributed by atoms with Crippen LogP contribution in [0, 0.1) is 19.8 Å². The predicted molar refractivity (Wildman–Crippen MR) is 80.2 cm³/mol. The highest BCUT2D eigenvalue weighted by atomic mass is 16.3. The molecule has 0 unspecified atom stereocenters. The Hall–Kier alpha value is -0.860. The van der Waals surface area contributed by atoms with Gasteiger partial charge in [-0.2, -0.15) is 0 Å². The van der Waals surface area contributed by atoms with E-state index in [1.807, 2.05) is 0 Å². The minimum Gasteiger partial charge on any atom is -0.389 e. The van der Waals surface area contributed by atoms with Gasteiger partial charge in [0.05, 0.1) is 5.60 Å². The van der Waals surface area contributed by atoms with Gasteiger partial charge in [0.2, 0.25) is 0 Å². The molecule has 2 rings (SSSR count). The van der Waals surface area contributed by atoms with Gasteiger partial charge in [0.25, 0.3) is 0 Å². The monoisotopic (exact) mass is 261 g/mol. The lowest BCUT2D eigenvalue weighted by Gasteiger charge is -2.35. The summed E-state index contributed by atoms with van der Waals surface area (Å²) in [6.07, 6.45) is 4.19. The van der Waals surface area contributed by atoms with Crippen LogP contribution in [0.4, 0.5) is 0 Å². The number of aryl methyl sites for hydroxylation is 2. The Labute approximate surface area is 117 Å². The first kappa shape index (κ1) is 14.5. The van der Waals surface area contributed by atoms with Gasteiger partial charge in [-0.25, -0.2) is 0 Å². The molecule has 2 nitrogen and oxygen atoms in total. The molecule has 1 aromatic rings. The van der Waals surface area contributed by atoms with Crippen molar-refractivity contribution in [3.63, 3.8) is 0 Å². The van der Waals surface area contributed by atoms with Gasteiger partial charge in [0.15, 0.2) is 0 Å². The number of benzene rings is 1. The lowest BCUT2D eigenvalue weighted by atomic mass is 9.79. The maximum absolute atomic E-state index is 10.5. The van der Waals surface area contributed by atoms with Crippen LogP contribution in [0.15, 0.2) is 18.2 Å². The van der Waals surface area contributed by atoms with Crippen LogP contribution in [0.2, 0.25) is 0 Å². The second kappa shape index (κ2) is 6.06. The fourth-order valence-corrected chi connectivity index (χ4v) is 2.83. The van der Waals surface area contributed by atoms with E-state index in [0.717, 1.165) is 38.1 Å². The molecule has 0 aromatic heterocycles. The maximum Gasteiger partial charge on any atom is 0.0771 e. The number of aliphatic hydroxyl groups is 1. The van der Waals surface area contributed by atoms with Gasteiger partial charge in [0, 0.05) is 13.1 Å². The maximum atomic E-state index is 10.5. The van der Waals surface area contributed by atoms with Gasteiger partial charge in [-0.1, -0.05) is 25.1 Å². The van der Waals surface area contributed by atoms with E-state index in [2.05, 4.69) is 44.3 Å². The predicted octanol–water partition coefficient (Wildman–Crippen LogP) is 3.33. The molecule has 1 fully saturated rings. The van der Waals surface area contributed by atoms with E-state index in [-0.39, 0.29) is 0 Å². The number of hydrogen-bond acceptors (Lipinski definition) is 2. The van der Waals surface area contributed by atoms with Crippen LogP contribution in [0.3, 0.4) is 0 Å². The molecular formula is C17H27NO. The lowest BCUT2D eigenvalue weighted by molar-refractivity contribution is -0.00630. The minimum absolute atomic E-state index is 0.480. The molecule has 0 amide bonds. The summed E-state index contributed by atoms with van der Waals surface area (Å²) in [6, 6.07) is 6.57. The van der Waals surface area contributed by atoms with Crippen molar-refractivity contribution in [1.29, 1.82) is 0 Å². The first-order valence-electron chi connectivity index (χ1n) is 7.48. The van der Waals surface area contributed by atoms with Crippen molar-refractivity contribution >= 4 is 0 Å². The van der Waals surface area contributed by atoms with Crippen LogP contribution in [0.5, 0.6) is 0 Å². The molecule has 2 N–H and O–H groups in total. The molecule has 1 saturated carbocycles. The van der Waals surface area contributed by atoms with Crippen LogP contribution < -0.4 is 5.32 Å². The van der Waals surface area contributed by atoms with Crippen LogP contribution in [-0.2, 0) is 6.54 Å². The summed E-state index contributed by atoms with van der Waals surface area (Å²) in [4.78, 5) is 0. The molecule has 2 heteroatoms. The molecule has 1 aromatic carbocycles. The Balaban J connectivity index is 1.81. The van der Waals surface area contributed by atoms with E-state index in [9.17, 15) is 5.11 Å². The third-order valence-corrected chi connectivity index (χ3v) is 4.56. The van der Waals surface area contributed by atoms with Gasteiger partial charge in [-0.3, -0.25) is 0 Å². The summed E-state index contributed by atoms with van der Waals surface area (Å²) in [7, 11) is 0. The van der Waals surface area contributed by atoms with Crippen molar-refractivity contribution in [2.75, 3.05) is 6.54 Å². The zero-order valence-corrected chi connectivity index (χ0v) is 12.5. The third kappa shape index (κ3) is 4.05. The van der Waals surface area contributed by atoms with Crippen molar-refractivity contribution in [2.45, 2.75) is 58.6 Å². The summed E-state index contributed by atoms with van der Waals surface area (Å²) >= 11 is 0. The highest BCUT2D eigenvalue weighted by Gasteiger charge is 2.31. The van der Waals surface area contributed by atoms with E-state index in [1.54, 1.807) is 0 Å². The van der Waals surface area contributed by atoms with E-state index in [1.165, 1.54) is 16.7 Å². The summed E-state index contributed by atoms with van der Waals surface area (Å²) in [5.74, 6) is 0.778. The molecule has 0 spiro atoms. The molecule has 0 saturated heterocycles. The van der Waals surface area contributed by atoms with Crippen LogP contribution >= 0.6 is 0 Å². The van der Waals surface area contributed by atoms with E-state index in [4.69, 9.17) is 0 Å². The number of rotatable bonds is 4. The summed E-state index contributed by atoms with van der Waals surface area (Å²) in [6.45, 7) is 8.13. The molecule has 0 radical (unpaired) electrons. The van der Waals surface area contributed by atoms with E-state index >= 15 is 0 Å². The van der Waals surface area contributed by atoms with Crippen LogP contribution in [-0.4, -0.2) is 17.3 Å². The second-order valence-electron chi connectivity index (χ2n) is 6.43. The highest BCUT2D eigenvalue weighted by molar-refractivity contribution is 5.29. The van der Waals surface area contributed by atoms with Crippen molar-refractivity contribution in [1.82, 2.24) is 5.32 Å². The topological polar surface area (TPSA) is 32.3 Å². The zero-order valence-electron chi connectivity index (χ0n) is 12.5. The number of nitrogens with one attached hydrogen (secondary N) is 1. The molecule has 1 aliphatic rings. The van der Waals surface area contributed by atoms with Crippen molar-refractivity contribution in [2.24, 2.45) is 5.92 Å². The second-order valence-corrected chi connectivity index (χ2v) is 6.43. The number of hydrogen-bond donors (Lipinski definition) is 2. The quantitative estimate of drug-likeness (QED) is 0.871. The summed E-state index contributed by atoms with van der Waals surface area (Å²) < 4.78 is 0. The van der Waals surface area contributed by atoms with Gasteiger partial charge in [0.1, 0.15) is 0 Å². The molecule has 0 atom stereocenters. The smallest absolute Gasteiger partial charge is 0.0771 e. The van der Waals surface area contributed by atoms with Crippen LogP contribution in [0.1, 0.15) is 49.3 Å². The largest absolute Gasteiger partial charge is 0.389 e. The highest BCUT2D eigenvalue weighted by Crippen LogP contribution is 2.31. The zero-order chi connectivity index (χ0) is 13.9. The Kier molecular flexibility index (Phi) is 4.64. The Morgan fingerprint density at radius 3 is 2.53 bits per heavy atom. The fourth-order valence-electron chi connectivity index (χ4n) is 2.83. The molecule has 1 aliphatic carbocycles. The Morgan fingerprint density at radius 1 is 1.21 bits per heavy atom. The van der Waals surface area contributed by atoms with Crippen molar-refractivity contribution in [3.05, 3.63) is 34.9 Å². The van der Waals surface area contributed by atoms with Crippen molar-refractivity contribution in [3.8, 4) is 0 Å². The SMILES string of the molecule is Cc1ccc(CNCC2(O)CCC(C)CC2)cc1C. The molecule has 0 heterocycles. The first-order chi connectivity index (χ1) is 8.98. The van der Waals surface area contributed by atoms with Gasteiger partial charge in [-0.15, -0.1) is 0 Å². The van der Waals surface area contributed by atoms with Gasteiger partial charge >= 0.3 is 0 Å². The van der Waals surface area contributed by atoms with E-state index < -0.39 is 5.60 Å². The molecule has 19 heavy (non-hydrogen) atoms. The van der Waals surface area contributed by atoms with Crippen LogP contribution in [0.25, 0.3) is 0 Å². The summed E-state index contributed by atoms with van der Waals surface area (Å²) in [5, 5.41) is 13.9. The Morgan fingerprint density at radius 2 is 1.89 bits per heavy atom. The standard InChI is InChI=1S/C17H27NO/c1-13-6-8-17(19,9-7-13)12-18-11-16-5-4-14(2)15(3)10-16/h4-5,10,13,18-19H,6-9,11-12H2,1-3H3. The summed E-state index contributed by atoms with van der Waals surface area (Å²) in [5.41, 5.74) is 3.50. The van der Waals surface area contributed by atoms with Crippen molar-refractivity contribution < 1.29 is 5.11 Å². The minimum atomic E-state index is -0.480. The third-order valence-electron chi connectivity index (χ3n) is 4.56. The fraction of sp³-hybridized carbons (Fsp3) is 0.647. The molecule has 106 valence electrons. The average Bonchev–Trinajstić information content (AvgIpc) is 2.38. The van der Waals surface area contributed by atoms with Gasteiger partial charge < -0.3 is 10.4 Å². The van der Waals surface area contributed by atoms with E-state index in [0.29, 0.717) is 6.54 Å². The lowest BCUT2D eigenvalue weighted by Crippen LogP contribution is -2.43. The normalized spacial score (nSPS) is 27.5. The average molecular weight is 261 g/mol. The van der Waals surface area contributed by atoms with Gasteiger partial charge in [-0.05, 0) is 62.1 Å². The molecule has 0 bridgehead atoms. The Bertz CT molecular complexity index is 419. The molecular weight excluding hydrogens is 234 g/mol. The molecule has 0 aliphatic heterocycles. The first-order valence-corrected chi connectivity index (χ1v) is 7.48.